The Bertz CT molecular complexity index is 619. The lowest BCUT2D eigenvalue weighted by Crippen LogP contribution is -2.55. The number of hydrogen-bond acceptors (Lipinski definition) is 7. The highest BCUT2D eigenvalue weighted by Crippen LogP contribution is 2.02. The third kappa shape index (κ3) is 11.2. The second kappa shape index (κ2) is 12.9. The Balaban J connectivity index is 5.14. The minimum Gasteiger partial charge on any atom is -0.481 e. The molecule has 0 spiro atoms. The molecule has 3 amide bonds. The van der Waals surface area contributed by atoms with E-state index >= 15 is 0 Å². The molecule has 0 bridgehead atoms. The average Bonchev–Trinajstić information content (AvgIpc) is 2.60. The normalized spacial score (nSPS) is 12.2. The Morgan fingerprint density at radius 3 is 2.07 bits per heavy atom. The first-order valence-electron chi connectivity index (χ1n) is 8.13. The number of aliphatic carboxylic acids is 2. The van der Waals surface area contributed by atoms with E-state index in [2.05, 4.69) is 20.9 Å². The molecule has 0 aromatic rings. The topological polar surface area (TPSA) is 252 Å². The van der Waals surface area contributed by atoms with Crippen LogP contribution in [0, 0.1) is 0 Å². The van der Waals surface area contributed by atoms with Gasteiger partial charge in [0.2, 0.25) is 17.7 Å². The molecule has 0 fully saturated rings. The summed E-state index contributed by atoms with van der Waals surface area (Å²) < 4.78 is 0. The molecule has 0 saturated heterocycles. The first-order valence-corrected chi connectivity index (χ1v) is 8.13. The quantitative estimate of drug-likeness (QED) is 0.0832. The van der Waals surface area contributed by atoms with E-state index in [0.29, 0.717) is 0 Å². The number of hydrogen-bond donors (Lipinski definition) is 8. The molecular formula is C14H25N7O7. The monoisotopic (exact) mass is 403 g/mol. The molecule has 28 heavy (non-hydrogen) atoms. The minimum atomic E-state index is -1.47. The number of carbonyl (C=O) groups is 5. The lowest BCUT2D eigenvalue weighted by atomic mass is 10.1. The minimum absolute atomic E-state index is 0.0264. The highest BCUT2D eigenvalue weighted by molar-refractivity contribution is 5.94. The maximum Gasteiger partial charge on any atom is 0.322 e. The molecule has 2 atom stereocenters. The molecule has 0 aliphatic heterocycles. The Morgan fingerprint density at radius 1 is 0.929 bits per heavy atom. The zero-order valence-electron chi connectivity index (χ0n) is 15.0. The first-order chi connectivity index (χ1) is 13.1. The van der Waals surface area contributed by atoms with Crippen molar-refractivity contribution in [3.05, 3.63) is 0 Å². The van der Waals surface area contributed by atoms with Gasteiger partial charge < -0.3 is 43.4 Å². The molecule has 0 saturated carbocycles. The number of nitrogens with zero attached hydrogens (tertiary/aromatic N) is 1. The molecule has 14 heteroatoms. The first kappa shape index (κ1) is 24.6. The number of carboxylic acids is 2. The van der Waals surface area contributed by atoms with Crippen molar-refractivity contribution >= 4 is 35.6 Å². The van der Waals surface area contributed by atoms with Gasteiger partial charge in [0.05, 0.1) is 13.0 Å². The van der Waals surface area contributed by atoms with Crippen LogP contribution in [0.2, 0.25) is 0 Å². The zero-order valence-corrected chi connectivity index (χ0v) is 15.0. The standard InChI is InChI=1S/C14H25N7O7/c15-5-9(22)20-8(4-10(23)24)13(28)21-7(2-1-3-18-14(16)17)12(27)19-6-11(25)26/h7-8H,1-6,15H2,(H,19,27)(H,20,22)(H,21,28)(H,23,24)(H,25,26)(H4,16,17,18). The van der Waals surface area contributed by atoms with Gasteiger partial charge in [0, 0.05) is 6.54 Å². The Kier molecular flexibility index (Phi) is 11.3. The van der Waals surface area contributed by atoms with Gasteiger partial charge in [-0.1, -0.05) is 0 Å². The van der Waals surface area contributed by atoms with Crippen molar-refractivity contribution in [3.8, 4) is 0 Å². The Morgan fingerprint density at radius 2 is 1.57 bits per heavy atom. The highest BCUT2D eigenvalue weighted by Gasteiger charge is 2.28. The zero-order chi connectivity index (χ0) is 21.7. The number of guanidine groups is 1. The fourth-order valence-corrected chi connectivity index (χ4v) is 1.97. The van der Waals surface area contributed by atoms with E-state index in [4.69, 9.17) is 27.4 Å². The molecule has 2 unspecified atom stereocenters. The van der Waals surface area contributed by atoms with Gasteiger partial charge in [0.25, 0.3) is 0 Å². The molecule has 0 aromatic heterocycles. The van der Waals surface area contributed by atoms with Crippen LogP contribution in [-0.4, -0.2) is 77.6 Å². The van der Waals surface area contributed by atoms with Crippen LogP contribution in [-0.2, 0) is 24.0 Å². The number of nitrogens with two attached hydrogens (primary N) is 3. The molecule has 0 rings (SSSR count). The van der Waals surface area contributed by atoms with Crippen molar-refractivity contribution < 1.29 is 34.2 Å². The molecule has 0 aromatic carbocycles. The van der Waals surface area contributed by atoms with Gasteiger partial charge in [-0.15, -0.1) is 0 Å². The summed E-state index contributed by atoms with van der Waals surface area (Å²) in [5, 5.41) is 24.1. The van der Waals surface area contributed by atoms with E-state index in [1.165, 1.54) is 0 Å². The van der Waals surface area contributed by atoms with E-state index in [1.807, 2.05) is 0 Å². The second-order valence-corrected chi connectivity index (χ2v) is 5.54. The third-order valence-corrected chi connectivity index (χ3v) is 3.21. The van der Waals surface area contributed by atoms with Crippen LogP contribution in [0.4, 0.5) is 0 Å². The van der Waals surface area contributed by atoms with Crippen molar-refractivity contribution in [1.29, 1.82) is 0 Å². The summed E-state index contributed by atoms with van der Waals surface area (Å²) in [5.74, 6) is -5.33. The predicted molar refractivity (Wildman–Crippen MR) is 95.7 cm³/mol. The average molecular weight is 403 g/mol. The fraction of sp³-hybridized carbons (Fsp3) is 0.571. The largest absolute Gasteiger partial charge is 0.481 e. The van der Waals surface area contributed by atoms with Crippen molar-refractivity contribution in [2.24, 2.45) is 22.2 Å². The molecular weight excluding hydrogens is 378 g/mol. The van der Waals surface area contributed by atoms with Crippen LogP contribution in [0.25, 0.3) is 0 Å². The number of carbonyl (C=O) groups excluding carboxylic acids is 3. The van der Waals surface area contributed by atoms with Gasteiger partial charge >= 0.3 is 11.9 Å². The predicted octanol–water partition coefficient (Wildman–Crippen LogP) is -4.36. The molecule has 0 aliphatic rings. The summed E-state index contributed by atoms with van der Waals surface area (Å²) in [4.78, 5) is 61.1. The lowest BCUT2D eigenvalue weighted by molar-refractivity contribution is -0.141. The molecule has 0 aliphatic carbocycles. The SMILES string of the molecule is NCC(=O)NC(CC(=O)O)C(=O)NC(CCCN=C(N)N)C(=O)NCC(=O)O. The maximum atomic E-state index is 12.3. The third-order valence-electron chi connectivity index (χ3n) is 3.21. The van der Waals surface area contributed by atoms with Crippen LogP contribution in [0.3, 0.4) is 0 Å². The van der Waals surface area contributed by atoms with Crippen molar-refractivity contribution in [1.82, 2.24) is 16.0 Å². The van der Waals surface area contributed by atoms with Crippen LogP contribution < -0.4 is 33.2 Å². The molecule has 158 valence electrons. The Hall–Kier alpha value is -3.42. The molecule has 0 heterocycles. The number of rotatable bonds is 13. The van der Waals surface area contributed by atoms with Crippen molar-refractivity contribution in [3.63, 3.8) is 0 Å². The lowest BCUT2D eigenvalue weighted by Gasteiger charge is -2.22. The summed E-state index contributed by atoms with van der Waals surface area (Å²) in [6.45, 7) is -1.00. The maximum absolute atomic E-state index is 12.3. The smallest absolute Gasteiger partial charge is 0.322 e. The van der Waals surface area contributed by atoms with E-state index in [0.717, 1.165) is 0 Å². The summed E-state index contributed by atoms with van der Waals surface area (Å²) in [6, 6.07) is -2.67. The summed E-state index contributed by atoms with van der Waals surface area (Å²) in [7, 11) is 0. The molecule has 11 N–H and O–H groups in total. The van der Waals surface area contributed by atoms with E-state index < -0.39 is 61.3 Å². The molecule has 0 radical (unpaired) electrons. The van der Waals surface area contributed by atoms with Gasteiger partial charge in [0.15, 0.2) is 5.96 Å². The van der Waals surface area contributed by atoms with Gasteiger partial charge in [0.1, 0.15) is 18.6 Å². The van der Waals surface area contributed by atoms with E-state index in [1.54, 1.807) is 0 Å². The summed E-state index contributed by atoms with van der Waals surface area (Å²) in [6.07, 6.45) is -0.463. The van der Waals surface area contributed by atoms with Gasteiger partial charge in [-0.2, -0.15) is 0 Å². The second-order valence-electron chi connectivity index (χ2n) is 5.54. The van der Waals surface area contributed by atoms with Gasteiger partial charge in [-0.3, -0.25) is 29.0 Å². The number of carboxylic acid groups (broad SMARTS) is 2. The summed E-state index contributed by atoms with van der Waals surface area (Å²) in [5.41, 5.74) is 15.5. The number of aliphatic imine (C=N–C) groups is 1. The van der Waals surface area contributed by atoms with Crippen LogP contribution >= 0.6 is 0 Å². The highest BCUT2D eigenvalue weighted by atomic mass is 16.4. The van der Waals surface area contributed by atoms with Crippen LogP contribution in [0.15, 0.2) is 4.99 Å². The number of nitrogens with one attached hydrogen (secondary N) is 3. The van der Waals surface area contributed by atoms with Crippen LogP contribution in [0.1, 0.15) is 19.3 Å². The van der Waals surface area contributed by atoms with Gasteiger partial charge in [-0.25, -0.2) is 0 Å². The van der Waals surface area contributed by atoms with Crippen LogP contribution in [0.5, 0.6) is 0 Å². The fourth-order valence-electron chi connectivity index (χ4n) is 1.97. The number of amides is 3. The van der Waals surface area contributed by atoms with E-state index in [9.17, 15) is 24.0 Å². The molecule has 14 nitrogen and oxygen atoms in total. The van der Waals surface area contributed by atoms with Gasteiger partial charge in [-0.05, 0) is 12.8 Å². The van der Waals surface area contributed by atoms with E-state index in [-0.39, 0.29) is 25.3 Å². The Labute approximate surface area is 159 Å². The van der Waals surface area contributed by atoms with Crippen molar-refractivity contribution in [2.45, 2.75) is 31.3 Å². The van der Waals surface area contributed by atoms with Crippen molar-refractivity contribution in [2.75, 3.05) is 19.6 Å². The summed E-state index contributed by atoms with van der Waals surface area (Å²) >= 11 is 0.